The highest BCUT2D eigenvalue weighted by Gasteiger charge is 2.10. The van der Waals surface area contributed by atoms with Gasteiger partial charge in [0.05, 0.1) is 13.7 Å². The van der Waals surface area contributed by atoms with Crippen molar-refractivity contribution in [3.8, 4) is 5.75 Å². The van der Waals surface area contributed by atoms with Crippen LogP contribution in [0.2, 0.25) is 0 Å². The molecule has 1 aromatic heterocycles. The molecule has 0 saturated heterocycles. The number of carbonyl (C=O) groups excluding carboxylic acids is 1. The molecule has 1 heterocycles. The summed E-state index contributed by atoms with van der Waals surface area (Å²) in [7, 11) is 1.61. The summed E-state index contributed by atoms with van der Waals surface area (Å²) in [6.07, 6.45) is 2.19. The van der Waals surface area contributed by atoms with Crippen LogP contribution in [0, 0.1) is 0 Å². The van der Waals surface area contributed by atoms with E-state index in [-0.39, 0.29) is 12.6 Å². The Hall–Kier alpha value is -3.68. The van der Waals surface area contributed by atoms with Gasteiger partial charge in [-0.2, -0.15) is 9.78 Å². The quantitative estimate of drug-likeness (QED) is 0.554. The Labute approximate surface area is 156 Å². The van der Waals surface area contributed by atoms with E-state index in [9.17, 15) is 4.79 Å². The minimum atomic E-state index is -0.622. The fraction of sp³-hybridized carbons (Fsp3) is 0.158. The van der Waals surface area contributed by atoms with Gasteiger partial charge in [-0.05, 0) is 23.3 Å². The number of hydrogen-bond acceptors (Lipinski definition) is 6. The molecule has 2 aromatic carbocycles. The van der Waals surface area contributed by atoms with E-state index in [0.29, 0.717) is 6.54 Å². The fourth-order valence-corrected chi connectivity index (χ4v) is 2.23. The van der Waals surface area contributed by atoms with Gasteiger partial charge in [0.1, 0.15) is 25.0 Å². The van der Waals surface area contributed by atoms with Crippen LogP contribution in [0.4, 0.5) is 4.79 Å². The number of methoxy groups -OCH3 is 1. The van der Waals surface area contributed by atoms with Gasteiger partial charge in [-0.1, -0.05) is 42.5 Å². The highest BCUT2D eigenvalue weighted by atomic mass is 16.5. The molecule has 0 spiro atoms. The summed E-state index contributed by atoms with van der Waals surface area (Å²) in [5.41, 5.74) is 1.85. The van der Waals surface area contributed by atoms with Crippen molar-refractivity contribution < 1.29 is 14.3 Å². The van der Waals surface area contributed by atoms with E-state index in [1.807, 2.05) is 54.6 Å². The summed E-state index contributed by atoms with van der Waals surface area (Å²) in [6, 6.07) is 16.9. The number of nitrogens with one attached hydrogen (secondary N) is 1. The maximum absolute atomic E-state index is 12.1. The smallest absolute Gasteiger partial charge is 0.414 e. The molecule has 1 amide bonds. The third kappa shape index (κ3) is 5.40. The van der Waals surface area contributed by atoms with Crippen molar-refractivity contribution in [2.24, 2.45) is 4.99 Å². The Balaban J connectivity index is 1.65. The van der Waals surface area contributed by atoms with Crippen molar-refractivity contribution >= 4 is 12.1 Å². The Bertz CT molecular complexity index is 877. The normalized spacial score (nSPS) is 11.1. The number of aromatic nitrogens is 3. The molecule has 0 radical (unpaired) electrons. The minimum Gasteiger partial charge on any atom is -0.497 e. The predicted molar refractivity (Wildman–Crippen MR) is 99.3 cm³/mol. The van der Waals surface area contributed by atoms with Gasteiger partial charge in [0.15, 0.2) is 0 Å². The van der Waals surface area contributed by atoms with E-state index in [1.54, 1.807) is 7.11 Å². The zero-order valence-electron chi connectivity index (χ0n) is 14.8. The lowest BCUT2D eigenvalue weighted by Gasteiger charge is -2.09. The van der Waals surface area contributed by atoms with Gasteiger partial charge in [-0.15, -0.1) is 0 Å². The monoisotopic (exact) mass is 365 g/mol. The number of hydrogen-bond donors (Lipinski definition) is 1. The Kier molecular flexibility index (Phi) is 6.13. The lowest BCUT2D eigenvalue weighted by atomic mass is 10.2. The molecule has 27 heavy (non-hydrogen) atoms. The first-order chi connectivity index (χ1) is 13.2. The summed E-state index contributed by atoms with van der Waals surface area (Å²) in [6.45, 7) is 0.508. The first-order valence-electron chi connectivity index (χ1n) is 8.24. The van der Waals surface area contributed by atoms with Crippen molar-refractivity contribution in [1.29, 1.82) is 0 Å². The number of amides is 1. The maximum Gasteiger partial charge on any atom is 0.414 e. The zero-order chi connectivity index (χ0) is 18.9. The minimum absolute atomic E-state index is 0.162. The van der Waals surface area contributed by atoms with E-state index >= 15 is 0 Å². The molecule has 0 aliphatic rings. The standard InChI is InChI=1S/C19H19N5O3/c1-26-17-9-7-15(8-10-17)11-21-18(24-14-20-13-22-24)23-19(25)27-12-16-5-3-2-4-6-16/h2-10,13-14H,11-12H2,1H3,(H,21,23,25). The number of rotatable bonds is 5. The van der Waals surface area contributed by atoms with Crippen molar-refractivity contribution in [3.63, 3.8) is 0 Å². The number of ether oxygens (including phenoxy) is 2. The van der Waals surface area contributed by atoms with Crippen LogP contribution in [0.5, 0.6) is 5.75 Å². The lowest BCUT2D eigenvalue weighted by Crippen LogP contribution is -2.36. The zero-order valence-corrected chi connectivity index (χ0v) is 14.8. The number of alkyl carbamates (subject to hydrolysis) is 1. The van der Waals surface area contributed by atoms with E-state index in [0.717, 1.165) is 16.9 Å². The molecule has 8 nitrogen and oxygen atoms in total. The van der Waals surface area contributed by atoms with E-state index in [2.05, 4.69) is 20.4 Å². The SMILES string of the molecule is COc1ccc(CN=C(NC(=O)OCc2ccccc2)n2cncn2)cc1. The van der Waals surface area contributed by atoms with E-state index < -0.39 is 6.09 Å². The number of aliphatic imine (C=N–C) groups is 1. The van der Waals surface area contributed by atoms with Gasteiger partial charge in [0.2, 0.25) is 5.96 Å². The van der Waals surface area contributed by atoms with Crippen LogP contribution in [0.3, 0.4) is 0 Å². The fourth-order valence-electron chi connectivity index (χ4n) is 2.23. The Morgan fingerprint density at radius 2 is 1.89 bits per heavy atom. The van der Waals surface area contributed by atoms with Gasteiger partial charge in [-0.3, -0.25) is 5.32 Å². The molecule has 3 aromatic rings. The molecule has 1 N–H and O–H groups in total. The van der Waals surface area contributed by atoms with Gasteiger partial charge < -0.3 is 9.47 Å². The predicted octanol–water partition coefficient (Wildman–Crippen LogP) is 2.62. The molecule has 0 fully saturated rings. The van der Waals surface area contributed by atoms with Crippen LogP contribution in [0.1, 0.15) is 11.1 Å². The van der Waals surface area contributed by atoms with Crippen molar-refractivity contribution in [3.05, 3.63) is 78.4 Å². The molecular weight excluding hydrogens is 346 g/mol. The summed E-state index contributed by atoms with van der Waals surface area (Å²) >= 11 is 0. The van der Waals surface area contributed by atoms with Gasteiger partial charge >= 0.3 is 6.09 Å². The first-order valence-corrected chi connectivity index (χ1v) is 8.24. The van der Waals surface area contributed by atoms with E-state index in [4.69, 9.17) is 9.47 Å². The average Bonchev–Trinajstić information content (AvgIpc) is 3.25. The van der Waals surface area contributed by atoms with Gasteiger partial charge in [0.25, 0.3) is 0 Å². The average molecular weight is 365 g/mol. The number of carbonyl (C=O) groups is 1. The molecule has 0 bridgehead atoms. The number of nitrogens with zero attached hydrogens (tertiary/aromatic N) is 4. The largest absolute Gasteiger partial charge is 0.497 e. The molecule has 0 atom stereocenters. The third-order valence-corrected chi connectivity index (χ3v) is 3.63. The second-order valence-electron chi connectivity index (χ2n) is 5.51. The summed E-state index contributed by atoms with van der Waals surface area (Å²) in [5.74, 6) is 0.989. The summed E-state index contributed by atoms with van der Waals surface area (Å²) in [4.78, 5) is 20.4. The molecule has 0 unspecified atom stereocenters. The summed E-state index contributed by atoms with van der Waals surface area (Å²) < 4.78 is 11.7. The third-order valence-electron chi connectivity index (χ3n) is 3.63. The second-order valence-corrected chi connectivity index (χ2v) is 5.51. The molecule has 138 valence electrons. The molecule has 0 aliphatic heterocycles. The topological polar surface area (TPSA) is 90.6 Å². The molecule has 8 heteroatoms. The highest BCUT2D eigenvalue weighted by molar-refractivity contribution is 5.94. The van der Waals surface area contributed by atoms with Crippen molar-refractivity contribution in [2.75, 3.05) is 7.11 Å². The van der Waals surface area contributed by atoms with Crippen molar-refractivity contribution in [2.45, 2.75) is 13.2 Å². The molecule has 0 aliphatic carbocycles. The maximum atomic E-state index is 12.1. The lowest BCUT2D eigenvalue weighted by molar-refractivity contribution is 0.144. The van der Waals surface area contributed by atoms with Crippen LogP contribution in [-0.2, 0) is 17.9 Å². The van der Waals surface area contributed by atoms with Crippen LogP contribution in [0.25, 0.3) is 0 Å². The van der Waals surface area contributed by atoms with Crippen molar-refractivity contribution in [1.82, 2.24) is 20.1 Å². The van der Waals surface area contributed by atoms with E-state index in [1.165, 1.54) is 17.3 Å². The first kappa shape index (κ1) is 18.1. The van der Waals surface area contributed by atoms with Crippen LogP contribution >= 0.6 is 0 Å². The Morgan fingerprint density at radius 3 is 2.56 bits per heavy atom. The van der Waals surface area contributed by atoms with Gasteiger partial charge in [-0.25, -0.2) is 14.8 Å². The molecule has 0 saturated carbocycles. The van der Waals surface area contributed by atoms with Crippen LogP contribution < -0.4 is 10.1 Å². The number of benzene rings is 2. The second kappa shape index (κ2) is 9.14. The van der Waals surface area contributed by atoms with Gasteiger partial charge in [0, 0.05) is 0 Å². The van der Waals surface area contributed by atoms with Crippen LogP contribution in [-0.4, -0.2) is 33.9 Å². The summed E-state index contributed by atoms with van der Waals surface area (Å²) in [5, 5.41) is 6.62. The van der Waals surface area contributed by atoms with Crippen LogP contribution in [0.15, 0.2) is 72.2 Å². The highest BCUT2D eigenvalue weighted by Crippen LogP contribution is 2.12. The molecule has 3 rings (SSSR count). The Morgan fingerprint density at radius 1 is 1.11 bits per heavy atom. The molecular formula is C19H19N5O3.